The van der Waals surface area contributed by atoms with Crippen molar-refractivity contribution in [2.24, 2.45) is 11.8 Å². The van der Waals surface area contributed by atoms with E-state index in [1.807, 2.05) is 13.8 Å². The lowest BCUT2D eigenvalue weighted by Gasteiger charge is -2.51. The number of nitrogens with zero attached hydrogens (tertiary/aromatic N) is 2. The second-order valence-corrected chi connectivity index (χ2v) is 7.62. The number of rotatable bonds is 5. The highest BCUT2D eigenvalue weighted by atomic mass is 16.5. The molecule has 4 fully saturated rings. The Hall–Kier alpha value is -0.850. The molecule has 4 aliphatic heterocycles. The van der Waals surface area contributed by atoms with Crippen LogP contribution in [-0.4, -0.2) is 80.4 Å². The van der Waals surface area contributed by atoms with Gasteiger partial charge in [-0.25, -0.2) is 4.79 Å². The fourth-order valence-electron chi connectivity index (χ4n) is 4.31. The third-order valence-corrected chi connectivity index (χ3v) is 5.53. The standard InChI is InChI=1S/C17H32N4O2/c1-13(2)19-17(22)18-10-16-9-14-3-4-21(16)12-15(14)11-20-5-7-23-8-6-20/h13-16H,3-12H2,1-2H3,(H2,18,19,22)/t14-,15-,16+/m0/s1. The number of carbonyl (C=O) groups is 1. The van der Waals surface area contributed by atoms with Crippen LogP contribution < -0.4 is 10.6 Å². The van der Waals surface area contributed by atoms with Gasteiger partial charge in [0.05, 0.1) is 13.2 Å². The lowest BCUT2D eigenvalue weighted by Crippen LogP contribution is -2.59. The minimum Gasteiger partial charge on any atom is -0.379 e. The van der Waals surface area contributed by atoms with Crippen molar-refractivity contribution < 1.29 is 9.53 Å². The highest BCUT2D eigenvalue weighted by molar-refractivity contribution is 5.74. The Balaban J connectivity index is 1.44. The number of morpholine rings is 1. The Morgan fingerprint density at radius 3 is 2.70 bits per heavy atom. The third-order valence-electron chi connectivity index (χ3n) is 5.53. The Kier molecular flexibility index (Phi) is 5.77. The molecule has 0 aliphatic carbocycles. The van der Waals surface area contributed by atoms with Gasteiger partial charge in [0.2, 0.25) is 0 Å². The summed E-state index contributed by atoms with van der Waals surface area (Å²) in [5, 5.41) is 5.95. The van der Waals surface area contributed by atoms with Crippen LogP contribution in [0.25, 0.3) is 0 Å². The van der Waals surface area contributed by atoms with Crippen molar-refractivity contribution in [1.29, 1.82) is 0 Å². The van der Waals surface area contributed by atoms with E-state index in [0.717, 1.165) is 44.7 Å². The van der Waals surface area contributed by atoms with Gasteiger partial charge < -0.3 is 15.4 Å². The van der Waals surface area contributed by atoms with Gasteiger partial charge >= 0.3 is 6.03 Å². The predicted molar refractivity (Wildman–Crippen MR) is 90.5 cm³/mol. The third kappa shape index (κ3) is 4.58. The number of piperidine rings is 3. The van der Waals surface area contributed by atoms with E-state index in [-0.39, 0.29) is 12.1 Å². The van der Waals surface area contributed by atoms with Crippen LogP contribution in [0.5, 0.6) is 0 Å². The summed E-state index contributed by atoms with van der Waals surface area (Å²) >= 11 is 0. The van der Waals surface area contributed by atoms with Crippen molar-refractivity contribution in [3.05, 3.63) is 0 Å². The number of urea groups is 1. The van der Waals surface area contributed by atoms with Gasteiger partial charge in [0.1, 0.15) is 0 Å². The molecule has 6 heteroatoms. The Morgan fingerprint density at radius 1 is 1.26 bits per heavy atom. The summed E-state index contributed by atoms with van der Waals surface area (Å²) in [5.74, 6) is 1.62. The van der Waals surface area contributed by atoms with Gasteiger partial charge in [-0.15, -0.1) is 0 Å². The Morgan fingerprint density at radius 2 is 2.04 bits per heavy atom. The Bertz CT molecular complexity index is 398. The average molecular weight is 324 g/mol. The number of ether oxygens (including phenoxy) is 1. The molecule has 4 rings (SSSR count). The maximum absolute atomic E-state index is 11.8. The van der Waals surface area contributed by atoms with Gasteiger partial charge in [-0.3, -0.25) is 9.80 Å². The number of fused-ring (bicyclic) bond motifs is 3. The lowest BCUT2D eigenvalue weighted by atomic mass is 9.75. The largest absolute Gasteiger partial charge is 0.379 e. The van der Waals surface area contributed by atoms with Crippen LogP contribution in [0.3, 0.4) is 0 Å². The van der Waals surface area contributed by atoms with Crippen LogP contribution in [0.1, 0.15) is 26.7 Å². The normalized spacial score (nSPS) is 34.6. The molecule has 4 heterocycles. The zero-order chi connectivity index (χ0) is 16.2. The second-order valence-electron chi connectivity index (χ2n) is 7.62. The summed E-state index contributed by atoms with van der Waals surface area (Å²) in [7, 11) is 0. The van der Waals surface area contributed by atoms with Gasteiger partial charge in [-0.05, 0) is 45.1 Å². The molecule has 2 bridgehead atoms. The predicted octanol–water partition coefficient (Wildman–Crippen LogP) is 0.737. The van der Waals surface area contributed by atoms with E-state index in [0.29, 0.717) is 6.04 Å². The molecule has 0 aromatic rings. The van der Waals surface area contributed by atoms with Gasteiger partial charge in [-0.2, -0.15) is 0 Å². The molecule has 0 aromatic heterocycles. The summed E-state index contributed by atoms with van der Waals surface area (Å²) in [4.78, 5) is 16.9. The molecule has 4 saturated heterocycles. The molecule has 4 aliphatic rings. The molecule has 0 spiro atoms. The number of amides is 2. The van der Waals surface area contributed by atoms with Gasteiger partial charge in [0, 0.05) is 44.8 Å². The maximum atomic E-state index is 11.8. The van der Waals surface area contributed by atoms with Crippen LogP contribution in [0, 0.1) is 11.8 Å². The van der Waals surface area contributed by atoms with Gasteiger partial charge in [0.25, 0.3) is 0 Å². The summed E-state index contributed by atoms with van der Waals surface area (Å²) in [6, 6.07) is 0.677. The van der Waals surface area contributed by atoms with Crippen LogP contribution in [-0.2, 0) is 4.74 Å². The van der Waals surface area contributed by atoms with Crippen molar-refractivity contribution in [3.63, 3.8) is 0 Å². The first-order valence-corrected chi connectivity index (χ1v) is 9.20. The molecule has 6 nitrogen and oxygen atoms in total. The smallest absolute Gasteiger partial charge is 0.315 e. The molecule has 132 valence electrons. The molecule has 23 heavy (non-hydrogen) atoms. The monoisotopic (exact) mass is 324 g/mol. The molecule has 0 aromatic carbocycles. The molecule has 0 saturated carbocycles. The topological polar surface area (TPSA) is 56.8 Å². The van der Waals surface area contributed by atoms with Crippen LogP contribution >= 0.6 is 0 Å². The van der Waals surface area contributed by atoms with E-state index < -0.39 is 0 Å². The van der Waals surface area contributed by atoms with Crippen LogP contribution in [0.2, 0.25) is 0 Å². The quantitative estimate of drug-likeness (QED) is 0.783. The number of carbonyl (C=O) groups excluding carboxylic acids is 1. The first kappa shape index (κ1) is 17.0. The van der Waals surface area contributed by atoms with Crippen LogP contribution in [0.4, 0.5) is 4.79 Å². The number of hydrogen-bond acceptors (Lipinski definition) is 4. The zero-order valence-corrected chi connectivity index (χ0v) is 14.6. The summed E-state index contributed by atoms with van der Waals surface area (Å²) in [5.41, 5.74) is 0. The van der Waals surface area contributed by atoms with Crippen molar-refractivity contribution in [3.8, 4) is 0 Å². The van der Waals surface area contributed by atoms with E-state index in [4.69, 9.17) is 4.74 Å². The second kappa shape index (κ2) is 7.81. The SMILES string of the molecule is CC(C)NC(=O)NC[C@H]1C[C@@H]2CCN1C[C@@H]2CN1CCOCC1. The minimum absolute atomic E-state index is 0.0347. The van der Waals surface area contributed by atoms with E-state index >= 15 is 0 Å². The molecule has 2 amide bonds. The van der Waals surface area contributed by atoms with Gasteiger partial charge in [0.15, 0.2) is 0 Å². The average Bonchev–Trinajstić information content (AvgIpc) is 2.54. The fraction of sp³-hybridized carbons (Fsp3) is 0.941. The highest BCUT2D eigenvalue weighted by Gasteiger charge is 2.40. The maximum Gasteiger partial charge on any atom is 0.315 e. The van der Waals surface area contributed by atoms with Gasteiger partial charge in [-0.1, -0.05) is 0 Å². The molecular formula is C17H32N4O2. The summed E-state index contributed by atoms with van der Waals surface area (Å²) in [6.45, 7) is 12.3. The van der Waals surface area contributed by atoms with Crippen molar-refractivity contribution in [2.45, 2.75) is 38.8 Å². The summed E-state index contributed by atoms with van der Waals surface area (Å²) in [6.07, 6.45) is 2.56. The zero-order valence-electron chi connectivity index (χ0n) is 14.6. The molecule has 0 radical (unpaired) electrons. The Labute approximate surface area is 139 Å². The molecule has 4 atom stereocenters. The number of nitrogens with one attached hydrogen (secondary N) is 2. The lowest BCUT2D eigenvalue weighted by molar-refractivity contribution is -0.0290. The van der Waals surface area contributed by atoms with E-state index in [2.05, 4.69) is 20.4 Å². The first-order chi connectivity index (χ1) is 11.1. The molecule has 2 N–H and O–H groups in total. The summed E-state index contributed by atoms with van der Waals surface area (Å²) < 4.78 is 5.45. The number of hydrogen-bond donors (Lipinski definition) is 2. The minimum atomic E-state index is -0.0347. The van der Waals surface area contributed by atoms with Crippen molar-refractivity contribution >= 4 is 6.03 Å². The van der Waals surface area contributed by atoms with Crippen molar-refractivity contribution in [1.82, 2.24) is 20.4 Å². The van der Waals surface area contributed by atoms with E-state index in [1.54, 1.807) is 0 Å². The van der Waals surface area contributed by atoms with Crippen LogP contribution in [0.15, 0.2) is 0 Å². The van der Waals surface area contributed by atoms with E-state index in [9.17, 15) is 4.79 Å². The first-order valence-electron chi connectivity index (χ1n) is 9.20. The fourth-order valence-corrected chi connectivity index (χ4v) is 4.31. The highest BCUT2D eigenvalue weighted by Crippen LogP contribution is 2.36. The molecule has 1 unspecified atom stereocenters. The van der Waals surface area contributed by atoms with E-state index in [1.165, 1.54) is 32.5 Å². The van der Waals surface area contributed by atoms with Crippen molar-refractivity contribution in [2.75, 3.05) is 52.5 Å². The molecular weight excluding hydrogens is 292 g/mol.